The van der Waals surface area contributed by atoms with Crippen LogP contribution in [0.25, 0.3) is 0 Å². The number of carbonyl (C=O) groups excluding carboxylic acids is 1. The standard InChI is InChI=1S/C26H28BrCl2N4O7PS/c1-25(14-17-5-7-18(27)8-6-17)23(34)32(21-12-19(28)11-20(29)13-21)24-30-15-22(33(24)25)42(37,38)31-10-4-9-26(35,16-31)41(36,39-2)40-3/h5-8,11-13,15,35H,4,9-10,14,16H2,1-3H3. The number of aliphatic hydroxyl groups is 1. The number of piperidine rings is 1. The molecule has 2 unspecified atom stereocenters. The van der Waals surface area contributed by atoms with E-state index in [9.17, 15) is 22.9 Å². The Bertz CT molecular complexity index is 1680. The Hall–Kier alpha value is -1.80. The number of halogens is 3. The second kappa shape index (κ2) is 11.3. The molecule has 0 spiro atoms. The largest absolute Gasteiger partial charge is 0.376 e. The Morgan fingerprint density at radius 1 is 1.12 bits per heavy atom. The number of fused-ring (bicyclic) bond motifs is 1. The van der Waals surface area contributed by atoms with Crippen LogP contribution in [0.3, 0.4) is 0 Å². The lowest BCUT2D eigenvalue weighted by Gasteiger charge is -2.40. The van der Waals surface area contributed by atoms with E-state index in [1.165, 1.54) is 21.7 Å². The van der Waals surface area contributed by atoms with Crippen molar-refractivity contribution in [2.24, 2.45) is 0 Å². The van der Waals surface area contributed by atoms with Gasteiger partial charge in [0.05, 0.1) is 18.4 Å². The minimum absolute atomic E-state index is 0.00552. The third-order valence-corrected chi connectivity index (χ3v) is 12.8. The predicted octanol–water partition coefficient (Wildman–Crippen LogP) is 5.55. The SMILES string of the molecule is COP(=O)(OC)C1(O)CCCN(S(=O)(=O)c2cnc3n2C(C)(Cc2ccc(Br)cc2)C(=O)N3c2cc(Cl)cc(Cl)c2)C1. The van der Waals surface area contributed by atoms with Gasteiger partial charge in [0.15, 0.2) is 10.4 Å². The van der Waals surface area contributed by atoms with Crippen LogP contribution >= 0.6 is 46.7 Å². The summed E-state index contributed by atoms with van der Waals surface area (Å²) in [6.07, 6.45) is 1.50. The molecule has 1 fully saturated rings. The summed E-state index contributed by atoms with van der Waals surface area (Å²) in [4.78, 5) is 20.0. The van der Waals surface area contributed by atoms with Gasteiger partial charge < -0.3 is 14.2 Å². The maximum absolute atomic E-state index is 14.3. The number of rotatable bonds is 8. The maximum Gasteiger partial charge on any atom is 0.362 e. The zero-order valence-electron chi connectivity index (χ0n) is 22.8. The molecule has 42 heavy (non-hydrogen) atoms. The number of β-amino-alcohol motifs (C(OH)–C–C–N with tert-alkyl or cyclic N) is 1. The quantitative estimate of drug-likeness (QED) is 0.300. The number of imidazole rings is 1. The molecule has 0 bridgehead atoms. The number of hydrogen-bond donors (Lipinski definition) is 1. The van der Waals surface area contributed by atoms with Gasteiger partial charge in [0.2, 0.25) is 5.95 Å². The van der Waals surface area contributed by atoms with Crippen LogP contribution in [0.5, 0.6) is 0 Å². The monoisotopic (exact) mass is 720 g/mol. The average Bonchev–Trinajstić information content (AvgIpc) is 3.47. The van der Waals surface area contributed by atoms with Crippen molar-refractivity contribution >= 4 is 74.3 Å². The summed E-state index contributed by atoms with van der Waals surface area (Å²) in [6, 6.07) is 11.9. The normalized spacial score (nSPS) is 23.4. The summed E-state index contributed by atoms with van der Waals surface area (Å²) in [7, 11) is -6.21. The molecule has 16 heteroatoms. The predicted molar refractivity (Wildman–Crippen MR) is 162 cm³/mol. The van der Waals surface area contributed by atoms with Crippen LogP contribution in [-0.4, -0.2) is 65.9 Å². The molecule has 1 saturated heterocycles. The molecule has 1 amide bonds. The van der Waals surface area contributed by atoms with Crippen molar-refractivity contribution < 1.29 is 31.9 Å². The van der Waals surface area contributed by atoms with Crippen LogP contribution in [0.2, 0.25) is 10.0 Å². The molecule has 3 heterocycles. The Morgan fingerprint density at radius 2 is 1.74 bits per heavy atom. The Balaban J connectivity index is 1.65. The van der Waals surface area contributed by atoms with Crippen LogP contribution in [0.15, 0.2) is 58.2 Å². The van der Waals surface area contributed by atoms with E-state index < -0.39 is 41.0 Å². The lowest BCUT2D eigenvalue weighted by molar-refractivity contribution is -0.124. The summed E-state index contributed by atoms with van der Waals surface area (Å²) in [6.45, 7) is 1.13. The maximum atomic E-state index is 14.3. The van der Waals surface area contributed by atoms with Gasteiger partial charge in [-0.15, -0.1) is 0 Å². The van der Waals surface area contributed by atoms with Gasteiger partial charge >= 0.3 is 7.60 Å². The van der Waals surface area contributed by atoms with Crippen molar-refractivity contribution in [1.29, 1.82) is 0 Å². The molecule has 2 atom stereocenters. The van der Waals surface area contributed by atoms with Gasteiger partial charge in [0.25, 0.3) is 15.9 Å². The highest BCUT2D eigenvalue weighted by molar-refractivity contribution is 9.10. The Labute approximate surface area is 262 Å². The second-order valence-corrected chi connectivity index (χ2v) is 16.6. The number of hydrogen-bond acceptors (Lipinski definition) is 8. The van der Waals surface area contributed by atoms with Crippen LogP contribution in [0, 0.1) is 0 Å². The van der Waals surface area contributed by atoms with Crippen molar-refractivity contribution in [3.05, 3.63) is 68.7 Å². The topological polar surface area (TPSA) is 131 Å². The summed E-state index contributed by atoms with van der Waals surface area (Å²) in [5.74, 6) is -0.384. The van der Waals surface area contributed by atoms with E-state index in [-0.39, 0.29) is 46.8 Å². The first kappa shape index (κ1) is 31.6. The number of anilines is 2. The number of nitrogens with zero attached hydrogens (tertiary/aromatic N) is 4. The van der Waals surface area contributed by atoms with Gasteiger partial charge in [0.1, 0.15) is 5.54 Å². The Morgan fingerprint density at radius 3 is 2.33 bits per heavy atom. The van der Waals surface area contributed by atoms with E-state index >= 15 is 0 Å². The molecular formula is C26H28BrCl2N4O7PS. The fraction of sp³-hybridized carbons (Fsp3) is 0.385. The van der Waals surface area contributed by atoms with Crippen LogP contribution in [-0.2, 0) is 40.4 Å². The lowest BCUT2D eigenvalue weighted by atomic mass is 9.92. The minimum atomic E-state index is -4.40. The third-order valence-electron chi connectivity index (χ3n) is 7.64. The molecular weight excluding hydrogens is 694 g/mol. The molecule has 3 aromatic rings. The van der Waals surface area contributed by atoms with E-state index in [4.69, 9.17) is 32.2 Å². The lowest BCUT2D eigenvalue weighted by Crippen LogP contribution is -2.51. The van der Waals surface area contributed by atoms with E-state index in [0.29, 0.717) is 5.69 Å². The molecule has 11 nitrogen and oxygen atoms in total. The molecule has 0 aliphatic carbocycles. The van der Waals surface area contributed by atoms with Gasteiger partial charge in [-0.1, -0.05) is 51.3 Å². The smallest absolute Gasteiger partial charge is 0.362 e. The van der Waals surface area contributed by atoms with Crippen molar-refractivity contribution in [2.75, 3.05) is 32.2 Å². The molecule has 226 valence electrons. The molecule has 1 N–H and O–H groups in total. The highest BCUT2D eigenvalue weighted by Crippen LogP contribution is 2.61. The zero-order chi connectivity index (χ0) is 30.7. The molecule has 2 aromatic carbocycles. The van der Waals surface area contributed by atoms with E-state index in [2.05, 4.69) is 20.9 Å². The number of amides is 1. The van der Waals surface area contributed by atoms with Crippen molar-refractivity contribution in [2.45, 2.75) is 42.1 Å². The van der Waals surface area contributed by atoms with Gasteiger partial charge in [-0.3, -0.25) is 13.9 Å². The summed E-state index contributed by atoms with van der Waals surface area (Å²) in [5, 5.41) is 9.51. The van der Waals surface area contributed by atoms with Crippen molar-refractivity contribution in [3.63, 3.8) is 0 Å². The van der Waals surface area contributed by atoms with Crippen molar-refractivity contribution in [1.82, 2.24) is 13.9 Å². The first-order valence-corrected chi connectivity index (χ1v) is 17.3. The van der Waals surface area contributed by atoms with Crippen LogP contribution < -0.4 is 4.90 Å². The summed E-state index contributed by atoms with van der Waals surface area (Å²) in [5.41, 5.74) is -0.352. The number of benzene rings is 2. The first-order valence-electron chi connectivity index (χ1n) is 12.8. The number of sulfonamides is 1. The summed E-state index contributed by atoms with van der Waals surface area (Å²) < 4.78 is 55.0. The van der Waals surface area contributed by atoms with E-state index in [1.807, 2.05) is 24.3 Å². The van der Waals surface area contributed by atoms with Gasteiger partial charge in [0, 0.05) is 41.7 Å². The molecule has 2 aliphatic rings. The first-order chi connectivity index (χ1) is 19.7. The van der Waals surface area contributed by atoms with Crippen LogP contribution in [0.1, 0.15) is 25.3 Å². The molecule has 0 saturated carbocycles. The highest BCUT2D eigenvalue weighted by Gasteiger charge is 2.56. The van der Waals surface area contributed by atoms with E-state index in [0.717, 1.165) is 28.6 Å². The second-order valence-electron chi connectivity index (χ2n) is 10.4. The molecule has 5 rings (SSSR count). The third kappa shape index (κ3) is 5.16. The molecule has 2 aliphatic heterocycles. The van der Waals surface area contributed by atoms with Gasteiger partial charge in [-0.05, 0) is 55.7 Å². The Kier molecular flexibility index (Phi) is 8.49. The van der Waals surface area contributed by atoms with Crippen LogP contribution in [0.4, 0.5) is 11.6 Å². The minimum Gasteiger partial charge on any atom is -0.376 e. The van der Waals surface area contributed by atoms with E-state index in [1.54, 1.807) is 19.1 Å². The van der Waals surface area contributed by atoms with Gasteiger partial charge in [-0.2, -0.15) is 4.31 Å². The number of aromatic nitrogens is 2. The molecule has 1 aromatic heterocycles. The van der Waals surface area contributed by atoms with Crippen molar-refractivity contribution in [3.8, 4) is 0 Å². The number of carbonyl (C=O) groups is 1. The molecule has 0 radical (unpaired) electrons. The fourth-order valence-electron chi connectivity index (χ4n) is 5.57. The fourth-order valence-corrected chi connectivity index (χ4v) is 9.76. The van der Waals surface area contributed by atoms with Gasteiger partial charge in [-0.25, -0.2) is 18.3 Å². The highest BCUT2D eigenvalue weighted by atomic mass is 79.9. The zero-order valence-corrected chi connectivity index (χ0v) is 27.6. The summed E-state index contributed by atoms with van der Waals surface area (Å²) >= 11 is 15.9. The average molecular weight is 722 g/mol.